The van der Waals surface area contributed by atoms with Gasteiger partial charge in [-0.25, -0.2) is 15.8 Å². The molecule has 6 nitrogen and oxygen atoms in total. The van der Waals surface area contributed by atoms with E-state index >= 15 is 0 Å². The Morgan fingerprint density at radius 3 is 2.48 bits per heavy atom. The van der Waals surface area contributed by atoms with E-state index in [2.05, 4.69) is 15.4 Å². The molecule has 0 atom stereocenters. The molecule has 4 N–H and O–H groups in total. The van der Waals surface area contributed by atoms with Crippen molar-refractivity contribution in [3.63, 3.8) is 0 Å². The smallest absolute Gasteiger partial charge is 0.395 e. The predicted octanol–water partition coefficient (Wildman–Crippen LogP) is 1.38. The van der Waals surface area contributed by atoms with Crippen molar-refractivity contribution in [3.8, 4) is 0 Å². The Hall–Kier alpha value is -1.61. The number of hydrogen-bond donors (Lipinski definition) is 3. The van der Waals surface area contributed by atoms with Crippen LogP contribution in [0.5, 0.6) is 0 Å². The molecular formula is C12H20F3N5O. The van der Waals surface area contributed by atoms with Crippen molar-refractivity contribution in [3.05, 3.63) is 11.4 Å². The third-order valence-electron chi connectivity index (χ3n) is 2.82. The fourth-order valence-corrected chi connectivity index (χ4v) is 1.93. The number of nitrogens with one attached hydrogen (secondary N) is 1. The van der Waals surface area contributed by atoms with Gasteiger partial charge >= 0.3 is 6.18 Å². The van der Waals surface area contributed by atoms with E-state index in [-0.39, 0.29) is 18.2 Å². The van der Waals surface area contributed by atoms with Crippen molar-refractivity contribution in [1.82, 2.24) is 9.97 Å². The van der Waals surface area contributed by atoms with Crippen LogP contribution in [0.3, 0.4) is 0 Å². The molecule has 1 heterocycles. The Balaban J connectivity index is 3.24. The number of aliphatic hydroxyl groups is 1. The first-order valence-electron chi connectivity index (χ1n) is 6.59. The number of nitrogen functional groups attached to an aromatic ring is 1. The Labute approximate surface area is 121 Å². The summed E-state index contributed by atoms with van der Waals surface area (Å²) in [5.41, 5.74) is 2.78. The number of rotatable bonds is 7. The summed E-state index contributed by atoms with van der Waals surface area (Å²) in [6.07, 6.45) is -3.11. The Morgan fingerprint density at radius 2 is 2.00 bits per heavy atom. The van der Waals surface area contributed by atoms with Crippen molar-refractivity contribution < 1.29 is 18.3 Å². The molecule has 1 aromatic rings. The lowest BCUT2D eigenvalue weighted by atomic mass is 10.2. The molecule has 0 bridgehead atoms. The minimum Gasteiger partial charge on any atom is -0.395 e. The van der Waals surface area contributed by atoms with Gasteiger partial charge in [-0.15, -0.1) is 0 Å². The van der Waals surface area contributed by atoms with Gasteiger partial charge in [-0.3, -0.25) is 0 Å². The van der Waals surface area contributed by atoms with Crippen LogP contribution in [-0.4, -0.2) is 40.9 Å². The van der Waals surface area contributed by atoms with Crippen LogP contribution >= 0.6 is 0 Å². The molecule has 0 radical (unpaired) electrons. The molecule has 0 saturated carbocycles. The SMILES string of the molecule is CCCc1nc(NN)c(C)c(N(CCO)CC(F)(F)F)n1. The van der Waals surface area contributed by atoms with Gasteiger partial charge < -0.3 is 15.4 Å². The molecule has 120 valence electrons. The van der Waals surface area contributed by atoms with Gasteiger partial charge in [0.15, 0.2) is 0 Å². The van der Waals surface area contributed by atoms with E-state index < -0.39 is 19.3 Å². The average molecular weight is 307 g/mol. The van der Waals surface area contributed by atoms with Crippen molar-refractivity contribution in [1.29, 1.82) is 0 Å². The van der Waals surface area contributed by atoms with E-state index in [1.165, 1.54) is 0 Å². The zero-order chi connectivity index (χ0) is 16.0. The standard InChI is InChI=1S/C12H20F3N5O/c1-3-4-9-17-10(19-16)8(2)11(18-9)20(5-6-21)7-12(13,14)15/h21H,3-7,16H2,1-2H3,(H,17,18,19). The molecular weight excluding hydrogens is 287 g/mol. The lowest BCUT2D eigenvalue weighted by molar-refractivity contribution is -0.120. The fourth-order valence-electron chi connectivity index (χ4n) is 1.93. The Kier molecular flexibility index (Phi) is 6.16. The number of nitrogens with zero attached hydrogens (tertiary/aromatic N) is 3. The number of alkyl halides is 3. The topological polar surface area (TPSA) is 87.3 Å². The third-order valence-corrected chi connectivity index (χ3v) is 2.82. The summed E-state index contributed by atoms with van der Waals surface area (Å²) < 4.78 is 38.0. The first-order chi connectivity index (χ1) is 9.82. The Morgan fingerprint density at radius 1 is 1.33 bits per heavy atom. The number of hydrazine groups is 1. The third kappa shape index (κ3) is 5.01. The number of hydrogen-bond acceptors (Lipinski definition) is 6. The largest absolute Gasteiger partial charge is 0.405 e. The second-order valence-electron chi connectivity index (χ2n) is 4.59. The molecule has 0 spiro atoms. The van der Waals surface area contributed by atoms with Gasteiger partial charge in [0.05, 0.1) is 6.61 Å². The molecule has 1 rings (SSSR count). The second-order valence-corrected chi connectivity index (χ2v) is 4.59. The number of aryl methyl sites for hydroxylation is 1. The van der Waals surface area contributed by atoms with Crippen LogP contribution in [0.25, 0.3) is 0 Å². The highest BCUT2D eigenvalue weighted by molar-refractivity contribution is 5.58. The minimum absolute atomic E-state index is 0.132. The highest BCUT2D eigenvalue weighted by Gasteiger charge is 2.32. The van der Waals surface area contributed by atoms with Gasteiger partial charge in [-0.05, 0) is 13.3 Å². The first-order valence-corrected chi connectivity index (χ1v) is 6.59. The van der Waals surface area contributed by atoms with E-state index in [0.29, 0.717) is 17.8 Å². The van der Waals surface area contributed by atoms with E-state index in [1.807, 2.05) is 6.92 Å². The summed E-state index contributed by atoms with van der Waals surface area (Å²) in [6, 6.07) is 0. The molecule has 0 aliphatic heterocycles. The number of anilines is 2. The van der Waals surface area contributed by atoms with Crippen LogP contribution in [0.15, 0.2) is 0 Å². The van der Waals surface area contributed by atoms with Crippen LogP contribution in [0.4, 0.5) is 24.8 Å². The number of nitrogens with two attached hydrogens (primary N) is 1. The zero-order valence-electron chi connectivity index (χ0n) is 12.0. The molecule has 0 unspecified atom stereocenters. The maximum atomic E-state index is 12.7. The van der Waals surface area contributed by atoms with E-state index in [4.69, 9.17) is 10.9 Å². The monoisotopic (exact) mass is 307 g/mol. The normalized spacial score (nSPS) is 11.6. The molecule has 0 saturated heterocycles. The van der Waals surface area contributed by atoms with Gasteiger partial charge in [-0.1, -0.05) is 6.92 Å². The molecule has 1 aromatic heterocycles. The zero-order valence-corrected chi connectivity index (χ0v) is 12.0. The van der Waals surface area contributed by atoms with Gasteiger partial charge in [0.25, 0.3) is 0 Å². The van der Waals surface area contributed by atoms with Gasteiger partial charge in [-0.2, -0.15) is 13.2 Å². The summed E-state index contributed by atoms with van der Waals surface area (Å²) in [4.78, 5) is 9.33. The highest BCUT2D eigenvalue weighted by atomic mass is 19.4. The van der Waals surface area contributed by atoms with Crippen LogP contribution < -0.4 is 16.2 Å². The number of halogens is 3. The first kappa shape index (κ1) is 17.4. The lowest BCUT2D eigenvalue weighted by Gasteiger charge is -2.26. The van der Waals surface area contributed by atoms with Crippen LogP contribution in [0, 0.1) is 6.92 Å². The van der Waals surface area contributed by atoms with Gasteiger partial charge in [0.2, 0.25) is 0 Å². The summed E-state index contributed by atoms with van der Waals surface area (Å²) in [5, 5.41) is 8.99. The molecule has 9 heteroatoms. The number of aliphatic hydroxyl groups excluding tert-OH is 1. The van der Waals surface area contributed by atoms with Crippen molar-refractivity contribution in [2.75, 3.05) is 30.0 Å². The van der Waals surface area contributed by atoms with Crippen LogP contribution in [0.2, 0.25) is 0 Å². The van der Waals surface area contributed by atoms with E-state index in [1.54, 1.807) is 6.92 Å². The number of aromatic nitrogens is 2. The van der Waals surface area contributed by atoms with Crippen LogP contribution in [0.1, 0.15) is 24.7 Å². The van der Waals surface area contributed by atoms with Crippen molar-refractivity contribution in [2.24, 2.45) is 5.84 Å². The van der Waals surface area contributed by atoms with Crippen LogP contribution in [-0.2, 0) is 6.42 Å². The Bertz CT molecular complexity index is 467. The average Bonchev–Trinajstić information content (AvgIpc) is 2.39. The van der Waals surface area contributed by atoms with Gasteiger partial charge in [0.1, 0.15) is 24.0 Å². The van der Waals surface area contributed by atoms with E-state index in [9.17, 15) is 13.2 Å². The maximum absolute atomic E-state index is 12.7. The molecule has 0 aliphatic rings. The summed E-state index contributed by atoms with van der Waals surface area (Å²) in [6.45, 7) is 1.72. The maximum Gasteiger partial charge on any atom is 0.405 e. The molecule has 21 heavy (non-hydrogen) atoms. The summed E-state index contributed by atoms with van der Waals surface area (Å²) in [7, 11) is 0. The highest BCUT2D eigenvalue weighted by Crippen LogP contribution is 2.26. The molecule has 0 fully saturated rings. The second kappa shape index (κ2) is 7.41. The quantitative estimate of drug-likeness (QED) is 0.521. The van der Waals surface area contributed by atoms with Crippen molar-refractivity contribution >= 4 is 11.6 Å². The van der Waals surface area contributed by atoms with Gasteiger partial charge in [0, 0.05) is 18.5 Å². The lowest BCUT2D eigenvalue weighted by Crippen LogP contribution is -2.37. The summed E-state index contributed by atoms with van der Waals surface area (Å²) >= 11 is 0. The predicted molar refractivity (Wildman–Crippen MR) is 73.9 cm³/mol. The minimum atomic E-state index is -4.40. The van der Waals surface area contributed by atoms with Crippen molar-refractivity contribution in [2.45, 2.75) is 32.9 Å². The molecule has 0 aromatic carbocycles. The fraction of sp³-hybridized carbons (Fsp3) is 0.667. The van der Waals surface area contributed by atoms with E-state index in [0.717, 1.165) is 11.3 Å². The summed E-state index contributed by atoms with van der Waals surface area (Å²) in [5.74, 6) is 6.19. The molecule has 0 aliphatic carbocycles. The molecule has 0 amide bonds.